The van der Waals surface area contributed by atoms with E-state index in [0.29, 0.717) is 0 Å². The normalized spacial score (nSPS) is 13.6. The van der Waals surface area contributed by atoms with Gasteiger partial charge in [-0.05, 0) is 110 Å². The van der Waals surface area contributed by atoms with Gasteiger partial charge in [-0.25, -0.2) is 9.97 Å². The Bertz CT molecular complexity index is 1650. The van der Waals surface area contributed by atoms with E-state index in [0.717, 1.165) is 79.9 Å². The van der Waals surface area contributed by atoms with Gasteiger partial charge in [-0.3, -0.25) is 4.79 Å². The number of fused-ring (bicyclic) bond motifs is 8. The minimum absolute atomic E-state index is 0.0569. The lowest BCUT2D eigenvalue weighted by Gasteiger charge is -1.99. The number of aliphatic carboxylic acids is 1. The predicted octanol–water partition coefficient (Wildman–Crippen LogP) is 7.24. The van der Waals surface area contributed by atoms with E-state index in [2.05, 4.69) is 68.9 Å². The maximum Gasteiger partial charge on any atom is 0.307 e. The van der Waals surface area contributed by atoms with E-state index >= 15 is 0 Å². The number of rotatable bonds is 4. The Labute approximate surface area is 210 Å². The van der Waals surface area contributed by atoms with Crippen molar-refractivity contribution in [3.8, 4) is 0 Å². The van der Waals surface area contributed by atoms with Crippen molar-refractivity contribution >= 4 is 50.3 Å². The van der Waals surface area contributed by atoms with Crippen LogP contribution in [0.15, 0.2) is 30.3 Å². The van der Waals surface area contributed by atoms with Gasteiger partial charge >= 0.3 is 5.97 Å². The fraction of sp³-hybridized carbons (Fsp3) is 0.300. The monoisotopic (exact) mass is 480 g/mol. The van der Waals surface area contributed by atoms with Crippen LogP contribution in [0.5, 0.6) is 0 Å². The molecule has 2 aliphatic heterocycles. The van der Waals surface area contributed by atoms with Gasteiger partial charge in [0.25, 0.3) is 0 Å². The van der Waals surface area contributed by atoms with Gasteiger partial charge in [0.1, 0.15) is 0 Å². The van der Waals surface area contributed by atoms with Crippen LogP contribution in [0, 0.1) is 13.8 Å². The molecule has 0 atom stereocenters. The molecule has 6 nitrogen and oxygen atoms in total. The number of H-pyrrole nitrogens is 2. The highest BCUT2D eigenvalue weighted by Crippen LogP contribution is 2.35. The predicted molar refractivity (Wildman–Crippen MR) is 147 cm³/mol. The Morgan fingerprint density at radius 3 is 1.89 bits per heavy atom. The lowest BCUT2D eigenvalue weighted by Crippen LogP contribution is -2.00. The van der Waals surface area contributed by atoms with Crippen molar-refractivity contribution in [2.75, 3.05) is 0 Å². The number of carboxylic acid groups (broad SMARTS) is 1. The van der Waals surface area contributed by atoms with Gasteiger partial charge in [0.05, 0.1) is 29.2 Å². The fourth-order valence-corrected chi connectivity index (χ4v) is 5.38. The Hall–Kier alpha value is -3.93. The van der Waals surface area contributed by atoms with Gasteiger partial charge in [-0.2, -0.15) is 0 Å². The number of aryl methyl sites for hydroxylation is 2. The van der Waals surface area contributed by atoms with Crippen molar-refractivity contribution in [1.82, 2.24) is 19.9 Å². The summed E-state index contributed by atoms with van der Waals surface area (Å²) >= 11 is 0. The molecule has 0 amide bonds. The first kappa shape index (κ1) is 23.8. The number of nitrogens with one attached hydrogen (secondary N) is 2. The Morgan fingerprint density at radius 2 is 1.31 bits per heavy atom. The summed E-state index contributed by atoms with van der Waals surface area (Å²) in [6, 6.07) is 10.4. The quantitative estimate of drug-likeness (QED) is 0.367. The van der Waals surface area contributed by atoms with E-state index in [9.17, 15) is 9.90 Å². The van der Waals surface area contributed by atoms with Crippen LogP contribution >= 0.6 is 0 Å². The third kappa shape index (κ3) is 3.96. The van der Waals surface area contributed by atoms with E-state index in [1.807, 2.05) is 13.0 Å². The number of hydrogen-bond acceptors (Lipinski definition) is 3. The Morgan fingerprint density at radius 1 is 0.750 bits per heavy atom. The third-order valence-corrected chi connectivity index (χ3v) is 7.47. The summed E-state index contributed by atoms with van der Waals surface area (Å²) < 4.78 is 0. The molecule has 3 aromatic rings. The molecular weight excluding hydrogens is 448 g/mol. The van der Waals surface area contributed by atoms with E-state index in [4.69, 9.17) is 9.97 Å². The molecule has 0 spiro atoms. The van der Waals surface area contributed by atoms with E-state index in [1.54, 1.807) is 0 Å². The lowest BCUT2D eigenvalue weighted by molar-refractivity contribution is -0.136. The van der Waals surface area contributed by atoms with Crippen molar-refractivity contribution in [3.63, 3.8) is 0 Å². The molecule has 2 aliphatic rings. The second-order valence-electron chi connectivity index (χ2n) is 9.70. The Kier molecular flexibility index (Phi) is 5.91. The van der Waals surface area contributed by atoms with Crippen molar-refractivity contribution < 1.29 is 9.90 Å². The summed E-state index contributed by atoms with van der Waals surface area (Å²) in [7, 11) is 0. The van der Waals surface area contributed by atoms with Crippen LogP contribution in [0.3, 0.4) is 0 Å². The second-order valence-corrected chi connectivity index (χ2v) is 9.70. The highest BCUT2D eigenvalue weighted by atomic mass is 16.4. The second kappa shape index (κ2) is 8.94. The zero-order valence-electron chi connectivity index (χ0n) is 21.8. The van der Waals surface area contributed by atoms with Crippen molar-refractivity contribution in [1.29, 1.82) is 0 Å². The molecule has 3 N–H and O–H groups in total. The lowest BCUT2D eigenvalue weighted by atomic mass is 10.0. The zero-order valence-corrected chi connectivity index (χ0v) is 21.8. The highest BCUT2D eigenvalue weighted by Gasteiger charge is 2.19. The summed E-state index contributed by atoms with van der Waals surface area (Å²) in [5, 5.41) is 9.65. The molecule has 6 heteroatoms. The van der Waals surface area contributed by atoms with Crippen molar-refractivity contribution in [2.24, 2.45) is 0 Å². The smallest absolute Gasteiger partial charge is 0.307 e. The molecule has 0 aliphatic carbocycles. The average Bonchev–Trinajstić information content (AvgIpc) is 3.50. The molecule has 0 radical (unpaired) electrons. The highest BCUT2D eigenvalue weighted by molar-refractivity contribution is 5.94. The summed E-state index contributed by atoms with van der Waals surface area (Å²) in [5.74, 6) is -0.856. The number of aromatic nitrogens is 4. The van der Waals surface area contributed by atoms with E-state index in [1.165, 1.54) is 16.7 Å². The van der Waals surface area contributed by atoms with Crippen LogP contribution in [-0.2, 0) is 11.2 Å². The minimum atomic E-state index is -0.856. The summed E-state index contributed by atoms with van der Waals surface area (Å²) in [5.41, 5.74) is 14.9. The standard InChI is InChI=1S/C30H32N4O2/c1-7-20-16(4)24-10-19-9-15(3)23(31-19)12-27-21(8-2)17(5)25(33-27)14-29-22(11-30(35)36)18(6)26(34-29)13-28(20)32-24/h9-10,12-14,31,34H,7-8,11H2,1-6H3,(H,35,36). The largest absolute Gasteiger partial charge is 0.481 e. The van der Waals surface area contributed by atoms with Crippen LogP contribution in [0.2, 0.25) is 0 Å². The molecule has 5 heterocycles. The van der Waals surface area contributed by atoms with Crippen LogP contribution in [0.1, 0.15) is 80.0 Å². The van der Waals surface area contributed by atoms with Gasteiger partial charge in [-0.1, -0.05) is 13.8 Å². The molecule has 184 valence electrons. The third-order valence-electron chi connectivity index (χ3n) is 7.47. The average molecular weight is 481 g/mol. The minimum Gasteiger partial charge on any atom is -0.481 e. The molecule has 3 aromatic heterocycles. The molecule has 0 aromatic carbocycles. The number of allylic oxidation sites excluding steroid dienone is 4. The van der Waals surface area contributed by atoms with Crippen molar-refractivity contribution in [3.05, 3.63) is 69.8 Å². The van der Waals surface area contributed by atoms with E-state index < -0.39 is 5.97 Å². The molecule has 5 rings (SSSR count). The maximum absolute atomic E-state index is 11.8. The first-order valence-corrected chi connectivity index (χ1v) is 12.5. The van der Waals surface area contributed by atoms with Gasteiger partial charge in [-0.15, -0.1) is 0 Å². The molecule has 0 fully saturated rings. The number of carboxylic acids is 1. The van der Waals surface area contributed by atoms with Gasteiger partial charge in [0.2, 0.25) is 0 Å². The van der Waals surface area contributed by atoms with Crippen molar-refractivity contribution in [2.45, 2.75) is 60.8 Å². The fourth-order valence-electron chi connectivity index (χ4n) is 5.38. The van der Waals surface area contributed by atoms with Gasteiger partial charge in [0, 0.05) is 22.1 Å². The Balaban J connectivity index is 1.96. The zero-order chi connectivity index (χ0) is 25.7. The maximum atomic E-state index is 11.8. The SMILES string of the molecule is CCC1=C(C)c2cc3[nH]c(cc4nc(cc5cc(C)c(cc1n2)[nH]5)C(C)=C4CC)c(C)c3CC(=O)O. The van der Waals surface area contributed by atoms with E-state index in [-0.39, 0.29) is 6.42 Å². The number of aromatic amines is 2. The molecule has 0 saturated heterocycles. The molecule has 36 heavy (non-hydrogen) atoms. The molecule has 0 saturated carbocycles. The summed E-state index contributed by atoms with van der Waals surface area (Å²) in [6.45, 7) is 12.6. The first-order chi connectivity index (χ1) is 17.2. The number of nitrogens with zero attached hydrogens (tertiary/aromatic N) is 2. The van der Waals surface area contributed by atoms with Gasteiger partial charge < -0.3 is 15.1 Å². The number of hydrogen-bond donors (Lipinski definition) is 3. The molecule has 8 bridgehead atoms. The number of carbonyl (C=O) groups is 1. The summed E-state index contributed by atoms with van der Waals surface area (Å²) in [4.78, 5) is 28.8. The topological polar surface area (TPSA) is 94.7 Å². The first-order valence-electron chi connectivity index (χ1n) is 12.5. The van der Waals surface area contributed by atoms with Gasteiger partial charge in [0.15, 0.2) is 0 Å². The summed E-state index contributed by atoms with van der Waals surface area (Å²) in [6.07, 6.45) is 1.67. The van der Waals surface area contributed by atoms with Crippen LogP contribution in [0.25, 0.3) is 44.4 Å². The van der Waals surface area contributed by atoms with Crippen LogP contribution in [0.4, 0.5) is 0 Å². The van der Waals surface area contributed by atoms with Crippen LogP contribution < -0.4 is 0 Å². The van der Waals surface area contributed by atoms with Crippen LogP contribution in [-0.4, -0.2) is 31.0 Å². The molecule has 0 unspecified atom stereocenters. The molecular formula is C30H32N4O2.